The predicted molar refractivity (Wildman–Crippen MR) is 96.9 cm³/mol. The van der Waals surface area contributed by atoms with Gasteiger partial charge in [-0.15, -0.1) is 0 Å². The quantitative estimate of drug-likeness (QED) is 0.792. The van der Waals surface area contributed by atoms with Gasteiger partial charge in [0.05, 0.1) is 23.7 Å². The van der Waals surface area contributed by atoms with Crippen molar-refractivity contribution in [2.24, 2.45) is 5.41 Å². The van der Waals surface area contributed by atoms with Gasteiger partial charge >= 0.3 is 0 Å². The minimum atomic E-state index is -0.427. The fraction of sp³-hybridized carbons (Fsp3) is 0.667. The molecule has 1 aromatic heterocycles. The van der Waals surface area contributed by atoms with E-state index in [2.05, 4.69) is 9.88 Å². The molecule has 3 saturated heterocycles. The van der Waals surface area contributed by atoms with Gasteiger partial charge in [-0.1, -0.05) is 11.6 Å². The molecule has 0 saturated carbocycles. The number of rotatable bonds is 4. The van der Waals surface area contributed by atoms with E-state index in [-0.39, 0.29) is 10.9 Å². The molecule has 3 aliphatic rings. The summed E-state index contributed by atoms with van der Waals surface area (Å²) in [5.41, 5.74) is -0.390. The van der Waals surface area contributed by atoms with E-state index in [1.54, 1.807) is 0 Å². The van der Waals surface area contributed by atoms with Crippen LogP contribution in [0, 0.1) is 11.2 Å². The third-order valence-corrected chi connectivity index (χ3v) is 6.04. The topological polar surface area (TPSA) is 48.9 Å². The zero-order valence-corrected chi connectivity index (χ0v) is 15.6. The van der Waals surface area contributed by atoms with Gasteiger partial charge in [0.25, 0.3) is 0 Å². The summed E-state index contributed by atoms with van der Waals surface area (Å²) in [5, 5.41) is 0.284. The van der Waals surface area contributed by atoms with Crippen LogP contribution in [0.3, 0.4) is 0 Å². The molecule has 3 fully saturated rings. The van der Waals surface area contributed by atoms with E-state index < -0.39 is 11.2 Å². The van der Waals surface area contributed by atoms with Gasteiger partial charge in [0.15, 0.2) is 11.6 Å². The van der Waals surface area contributed by atoms with E-state index in [4.69, 9.17) is 16.3 Å². The van der Waals surface area contributed by atoms with E-state index in [9.17, 15) is 9.18 Å². The molecule has 3 aliphatic heterocycles. The van der Waals surface area contributed by atoms with E-state index >= 15 is 0 Å². The van der Waals surface area contributed by atoms with Crippen LogP contribution in [0.5, 0.6) is 0 Å². The number of pyridine rings is 1. The Kier molecular flexibility index (Phi) is 5.03. The van der Waals surface area contributed by atoms with Gasteiger partial charge in [0, 0.05) is 52.0 Å². The Hall–Kier alpha value is -1.44. The van der Waals surface area contributed by atoms with E-state index in [1.807, 2.05) is 9.80 Å². The first-order valence-corrected chi connectivity index (χ1v) is 9.61. The molecule has 1 atom stereocenters. The molecular weight excluding hydrogens is 359 g/mol. The zero-order chi connectivity index (χ0) is 18.1. The van der Waals surface area contributed by atoms with Gasteiger partial charge in [0.2, 0.25) is 5.91 Å². The highest BCUT2D eigenvalue weighted by atomic mass is 35.5. The lowest BCUT2D eigenvalue weighted by molar-refractivity contribution is -0.135. The summed E-state index contributed by atoms with van der Waals surface area (Å²) >= 11 is 5.79. The first kappa shape index (κ1) is 17.9. The van der Waals surface area contributed by atoms with Crippen molar-refractivity contribution in [3.8, 4) is 0 Å². The molecule has 6 nitrogen and oxygen atoms in total. The highest BCUT2D eigenvalue weighted by molar-refractivity contribution is 6.30. The largest absolute Gasteiger partial charge is 0.379 e. The summed E-state index contributed by atoms with van der Waals surface area (Å²) in [6.07, 6.45) is 3.04. The van der Waals surface area contributed by atoms with E-state index in [0.717, 1.165) is 58.8 Å². The summed E-state index contributed by atoms with van der Waals surface area (Å²) in [6, 6.07) is 1.28. The summed E-state index contributed by atoms with van der Waals surface area (Å²) in [5.74, 6) is 0.0812. The van der Waals surface area contributed by atoms with Crippen molar-refractivity contribution in [2.75, 3.05) is 63.9 Å². The second-order valence-corrected chi connectivity index (χ2v) is 7.84. The molecule has 8 heteroatoms. The number of carbonyl (C=O) groups is 1. The molecule has 1 unspecified atom stereocenters. The van der Waals surface area contributed by atoms with Crippen LogP contribution in [0.1, 0.15) is 12.8 Å². The van der Waals surface area contributed by atoms with Crippen LogP contribution in [-0.4, -0.2) is 79.7 Å². The standard InChI is InChI=1S/C18H24ClFN4O2/c19-14-11-15(20)16(21-12-14)24-4-2-18(13-24)1-3-23(17(18)25)6-5-22-7-9-26-10-8-22/h11-12H,1-10,13H2. The molecule has 0 N–H and O–H groups in total. The van der Waals surface area contributed by atoms with Crippen molar-refractivity contribution in [3.05, 3.63) is 23.1 Å². The molecule has 4 rings (SSSR count). The Balaban J connectivity index is 1.38. The SMILES string of the molecule is O=C1N(CCN2CCOCC2)CCC12CCN(c1ncc(Cl)cc1F)C2. The number of hydrogen-bond donors (Lipinski definition) is 0. The Bertz CT molecular complexity index is 685. The number of likely N-dealkylation sites (tertiary alicyclic amines) is 1. The molecule has 26 heavy (non-hydrogen) atoms. The second-order valence-electron chi connectivity index (χ2n) is 7.41. The minimum Gasteiger partial charge on any atom is -0.379 e. The Labute approximate surface area is 157 Å². The van der Waals surface area contributed by atoms with Crippen molar-refractivity contribution in [2.45, 2.75) is 12.8 Å². The highest BCUT2D eigenvalue weighted by Crippen LogP contribution is 2.42. The van der Waals surface area contributed by atoms with Gasteiger partial charge in [-0.3, -0.25) is 9.69 Å². The van der Waals surface area contributed by atoms with Crippen molar-refractivity contribution in [3.63, 3.8) is 0 Å². The number of morpholine rings is 1. The van der Waals surface area contributed by atoms with Crippen molar-refractivity contribution in [1.29, 1.82) is 0 Å². The van der Waals surface area contributed by atoms with Crippen molar-refractivity contribution >= 4 is 23.3 Å². The first-order valence-electron chi connectivity index (χ1n) is 9.23. The number of anilines is 1. The first-order chi connectivity index (χ1) is 12.6. The van der Waals surface area contributed by atoms with Gasteiger partial charge in [-0.2, -0.15) is 0 Å². The molecule has 4 heterocycles. The second kappa shape index (κ2) is 7.29. The maximum atomic E-state index is 14.2. The molecule has 142 valence electrons. The van der Waals surface area contributed by atoms with E-state index in [1.165, 1.54) is 12.3 Å². The average Bonchev–Trinajstić information content (AvgIpc) is 3.20. The molecule has 0 bridgehead atoms. The summed E-state index contributed by atoms with van der Waals surface area (Å²) < 4.78 is 19.5. The zero-order valence-electron chi connectivity index (χ0n) is 14.8. The molecule has 0 aromatic carbocycles. The van der Waals surface area contributed by atoms with Crippen LogP contribution in [0.25, 0.3) is 0 Å². The number of hydrogen-bond acceptors (Lipinski definition) is 5. The van der Waals surface area contributed by atoms with Crippen molar-refractivity contribution < 1.29 is 13.9 Å². The smallest absolute Gasteiger partial charge is 0.230 e. The fourth-order valence-corrected chi connectivity index (χ4v) is 4.41. The lowest BCUT2D eigenvalue weighted by Crippen LogP contribution is -2.43. The molecular formula is C18H24ClFN4O2. The average molecular weight is 383 g/mol. The van der Waals surface area contributed by atoms with Crippen LogP contribution in [0.15, 0.2) is 12.3 Å². The lowest BCUT2D eigenvalue weighted by Gasteiger charge is -2.29. The van der Waals surface area contributed by atoms with Crippen LogP contribution in [-0.2, 0) is 9.53 Å². The van der Waals surface area contributed by atoms with Gasteiger partial charge in [-0.25, -0.2) is 9.37 Å². The number of ether oxygens (including phenoxy) is 1. The fourth-order valence-electron chi connectivity index (χ4n) is 4.27. The van der Waals surface area contributed by atoms with Gasteiger partial charge in [0.1, 0.15) is 0 Å². The third-order valence-electron chi connectivity index (χ3n) is 5.83. The molecule has 1 spiro atoms. The number of aromatic nitrogens is 1. The van der Waals surface area contributed by atoms with Gasteiger partial charge < -0.3 is 14.5 Å². The van der Waals surface area contributed by atoms with Crippen LogP contribution >= 0.6 is 11.6 Å². The van der Waals surface area contributed by atoms with Crippen LogP contribution in [0.4, 0.5) is 10.2 Å². The normalized spacial score (nSPS) is 27.1. The van der Waals surface area contributed by atoms with Gasteiger partial charge in [-0.05, 0) is 18.9 Å². The number of amides is 1. The third kappa shape index (κ3) is 3.40. The Morgan fingerprint density at radius 3 is 2.73 bits per heavy atom. The maximum Gasteiger partial charge on any atom is 0.230 e. The van der Waals surface area contributed by atoms with E-state index in [0.29, 0.717) is 18.9 Å². The maximum absolute atomic E-state index is 14.2. The Morgan fingerprint density at radius 1 is 1.19 bits per heavy atom. The monoisotopic (exact) mass is 382 g/mol. The van der Waals surface area contributed by atoms with Crippen LogP contribution in [0.2, 0.25) is 5.02 Å². The van der Waals surface area contributed by atoms with Crippen molar-refractivity contribution in [1.82, 2.24) is 14.8 Å². The highest BCUT2D eigenvalue weighted by Gasteiger charge is 2.51. The predicted octanol–water partition coefficient (Wildman–Crippen LogP) is 1.64. The van der Waals surface area contributed by atoms with Crippen LogP contribution < -0.4 is 4.90 Å². The molecule has 0 radical (unpaired) electrons. The minimum absolute atomic E-state index is 0.211. The number of carbonyl (C=O) groups excluding carboxylic acids is 1. The molecule has 0 aliphatic carbocycles. The number of halogens is 2. The summed E-state index contributed by atoms with van der Waals surface area (Å²) in [4.78, 5) is 23.4. The summed E-state index contributed by atoms with van der Waals surface area (Å²) in [7, 11) is 0. The summed E-state index contributed by atoms with van der Waals surface area (Å²) in [6.45, 7) is 7.02. The molecule has 1 amide bonds. The Morgan fingerprint density at radius 2 is 1.96 bits per heavy atom. The molecule has 1 aromatic rings. The number of nitrogens with zero attached hydrogens (tertiary/aromatic N) is 4. The lowest BCUT2D eigenvalue weighted by atomic mass is 9.85.